The average molecular weight is 364 g/mol. The van der Waals surface area contributed by atoms with Crippen molar-refractivity contribution >= 4 is 23.4 Å². The van der Waals surface area contributed by atoms with E-state index >= 15 is 0 Å². The van der Waals surface area contributed by atoms with Crippen LogP contribution in [0.2, 0.25) is 0 Å². The van der Waals surface area contributed by atoms with Crippen molar-refractivity contribution in [2.45, 2.75) is 45.7 Å². The molecular formula is C22H24N2O3. The lowest BCUT2D eigenvalue weighted by Gasteiger charge is -2.26. The lowest BCUT2D eigenvalue weighted by atomic mass is 10.0. The highest BCUT2D eigenvalue weighted by Gasteiger charge is 2.43. The SMILES string of the molecule is CC(=O)N(Cc1ccccc1)C1CC(=O)N(c2ccc(C(C)C)cc2)C1=O. The third kappa shape index (κ3) is 3.92. The van der Waals surface area contributed by atoms with Gasteiger partial charge in [0.1, 0.15) is 6.04 Å². The molecule has 1 fully saturated rings. The fourth-order valence-corrected chi connectivity index (χ4v) is 3.36. The zero-order valence-corrected chi connectivity index (χ0v) is 15.9. The molecule has 3 rings (SSSR count). The van der Waals surface area contributed by atoms with Crippen molar-refractivity contribution in [2.24, 2.45) is 0 Å². The van der Waals surface area contributed by atoms with Crippen molar-refractivity contribution in [2.75, 3.05) is 4.90 Å². The summed E-state index contributed by atoms with van der Waals surface area (Å²) < 4.78 is 0. The van der Waals surface area contributed by atoms with Crippen molar-refractivity contribution in [3.63, 3.8) is 0 Å². The summed E-state index contributed by atoms with van der Waals surface area (Å²) in [5.74, 6) is -0.470. The van der Waals surface area contributed by atoms with Crippen molar-refractivity contribution in [3.8, 4) is 0 Å². The average Bonchev–Trinajstić information content (AvgIpc) is 2.94. The Bertz CT molecular complexity index is 844. The van der Waals surface area contributed by atoms with E-state index in [1.165, 1.54) is 16.7 Å². The molecule has 1 atom stereocenters. The number of benzene rings is 2. The van der Waals surface area contributed by atoms with Crippen LogP contribution in [0.1, 0.15) is 44.2 Å². The maximum Gasteiger partial charge on any atom is 0.257 e. The summed E-state index contributed by atoms with van der Waals surface area (Å²) >= 11 is 0. The van der Waals surface area contributed by atoms with Gasteiger partial charge in [-0.15, -0.1) is 0 Å². The van der Waals surface area contributed by atoms with Crippen LogP contribution in [0.3, 0.4) is 0 Å². The van der Waals surface area contributed by atoms with Crippen LogP contribution < -0.4 is 4.90 Å². The Kier molecular flexibility index (Phi) is 5.40. The Labute approximate surface area is 159 Å². The van der Waals surface area contributed by atoms with E-state index in [2.05, 4.69) is 13.8 Å². The zero-order chi connectivity index (χ0) is 19.6. The molecular weight excluding hydrogens is 340 g/mol. The number of hydrogen-bond donors (Lipinski definition) is 0. The standard InChI is InChI=1S/C22H24N2O3/c1-15(2)18-9-11-19(12-10-18)24-21(26)13-20(22(24)27)23(16(3)25)14-17-7-5-4-6-8-17/h4-12,15,20H,13-14H2,1-3H3. The summed E-state index contributed by atoms with van der Waals surface area (Å²) in [6, 6.07) is 16.2. The summed E-state index contributed by atoms with van der Waals surface area (Å²) in [4.78, 5) is 40.4. The highest BCUT2D eigenvalue weighted by atomic mass is 16.2. The van der Waals surface area contributed by atoms with Crippen molar-refractivity contribution in [3.05, 3.63) is 65.7 Å². The molecule has 0 spiro atoms. The van der Waals surface area contributed by atoms with Crippen LogP contribution in [-0.4, -0.2) is 28.7 Å². The van der Waals surface area contributed by atoms with Gasteiger partial charge in [-0.1, -0.05) is 56.3 Å². The fraction of sp³-hybridized carbons (Fsp3) is 0.318. The Hall–Kier alpha value is -2.95. The molecule has 27 heavy (non-hydrogen) atoms. The van der Waals surface area contributed by atoms with Crippen LogP contribution in [0.5, 0.6) is 0 Å². The highest BCUT2D eigenvalue weighted by Crippen LogP contribution is 2.28. The van der Waals surface area contributed by atoms with Gasteiger partial charge in [0.2, 0.25) is 11.8 Å². The predicted octanol–water partition coefficient (Wildman–Crippen LogP) is 3.49. The molecule has 0 saturated carbocycles. The summed E-state index contributed by atoms with van der Waals surface area (Å²) in [5, 5.41) is 0. The quantitative estimate of drug-likeness (QED) is 0.763. The number of carbonyl (C=O) groups is 3. The molecule has 140 valence electrons. The number of hydrogen-bond acceptors (Lipinski definition) is 3. The molecule has 1 heterocycles. The molecule has 3 amide bonds. The number of amides is 3. The molecule has 0 aromatic heterocycles. The highest BCUT2D eigenvalue weighted by molar-refractivity contribution is 6.22. The van der Waals surface area contributed by atoms with Crippen molar-refractivity contribution in [1.82, 2.24) is 4.90 Å². The minimum atomic E-state index is -0.764. The Balaban J connectivity index is 1.84. The van der Waals surface area contributed by atoms with Crippen LogP contribution in [-0.2, 0) is 20.9 Å². The van der Waals surface area contributed by atoms with Gasteiger partial charge in [0.25, 0.3) is 5.91 Å². The van der Waals surface area contributed by atoms with Gasteiger partial charge in [-0.25, -0.2) is 4.90 Å². The second-order valence-electron chi connectivity index (χ2n) is 7.17. The summed E-state index contributed by atoms with van der Waals surface area (Å²) in [6.07, 6.45) is 0.0111. The molecule has 5 nitrogen and oxygen atoms in total. The van der Waals surface area contributed by atoms with Gasteiger partial charge >= 0.3 is 0 Å². The van der Waals surface area contributed by atoms with Gasteiger partial charge in [0.05, 0.1) is 12.1 Å². The largest absolute Gasteiger partial charge is 0.326 e. The monoisotopic (exact) mass is 364 g/mol. The van der Waals surface area contributed by atoms with Crippen molar-refractivity contribution < 1.29 is 14.4 Å². The van der Waals surface area contributed by atoms with E-state index in [0.717, 1.165) is 11.1 Å². The molecule has 1 unspecified atom stereocenters. The second kappa shape index (κ2) is 7.74. The summed E-state index contributed by atoms with van der Waals surface area (Å²) in [6.45, 7) is 5.91. The van der Waals surface area contributed by atoms with E-state index in [9.17, 15) is 14.4 Å². The molecule has 0 N–H and O–H groups in total. The van der Waals surface area contributed by atoms with Crippen LogP contribution in [0.15, 0.2) is 54.6 Å². The molecule has 1 aliphatic heterocycles. The van der Waals surface area contributed by atoms with Crippen molar-refractivity contribution in [1.29, 1.82) is 0 Å². The molecule has 0 aliphatic carbocycles. The second-order valence-corrected chi connectivity index (χ2v) is 7.17. The fourth-order valence-electron chi connectivity index (χ4n) is 3.36. The van der Waals surface area contributed by atoms with E-state index in [1.807, 2.05) is 42.5 Å². The Morgan fingerprint density at radius 2 is 1.70 bits per heavy atom. The normalized spacial score (nSPS) is 16.9. The Morgan fingerprint density at radius 3 is 2.26 bits per heavy atom. The number of imide groups is 1. The minimum absolute atomic E-state index is 0.0111. The van der Waals surface area contributed by atoms with Gasteiger partial charge in [-0.2, -0.15) is 0 Å². The van der Waals surface area contributed by atoms with Gasteiger partial charge < -0.3 is 4.90 Å². The van der Waals surface area contributed by atoms with E-state index in [-0.39, 0.29) is 24.1 Å². The maximum atomic E-state index is 13.0. The first-order chi connectivity index (χ1) is 12.9. The lowest BCUT2D eigenvalue weighted by molar-refractivity contribution is -0.137. The third-order valence-corrected chi connectivity index (χ3v) is 4.92. The van der Waals surface area contributed by atoms with Crippen LogP contribution in [0.4, 0.5) is 5.69 Å². The Morgan fingerprint density at radius 1 is 1.07 bits per heavy atom. The van der Waals surface area contributed by atoms with E-state index in [4.69, 9.17) is 0 Å². The number of rotatable bonds is 5. The molecule has 5 heteroatoms. The topological polar surface area (TPSA) is 57.7 Å². The molecule has 0 bridgehead atoms. The molecule has 2 aromatic carbocycles. The zero-order valence-electron chi connectivity index (χ0n) is 15.9. The summed E-state index contributed by atoms with van der Waals surface area (Å²) in [7, 11) is 0. The van der Waals surface area contributed by atoms with Crippen LogP contribution >= 0.6 is 0 Å². The van der Waals surface area contributed by atoms with Crippen LogP contribution in [0.25, 0.3) is 0 Å². The van der Waals surface area contributed by atoms with E-state index in [1.54, 1.807) is 12.1 Å². The number of carbonyl (C=O) groups excluding carboxylic acids is 3. The minimum Gasteiger partial charge on any atom is -0.326 e. The van der Waals surface area contributed by atoms with Gasteiger partial charge in [-0.05, 0) is 29.2 Å². The van der Waals surface area contributed by atoms with Gasteiger partial charge in [0.15, 0.2) is 0 Å². The number of nitrogens with zero attached hydrogens (tertiary/aromatic N) is 2. The van der Waals surface area contributed by atoms with Gasteiger partial charge in [0, 0.05) is 13.5 Å². The smallest absolute Gasteiger partial charge is 0.257 e. The molecule has 1 aliphatic rings. The molecule has 1 saturated heterocycles. The maximum absolute atomic E-state index is 13.0. The first-order valence-electron chi connectivity index (χ1n) is 9.16. The number of anilines is 1. The molecule has 0 radical (unpaired) electrons. The predicted molar refractivity (Wildman–Crippen MR) is 104 cm³/mol. The molecule has 2 aromatic rings. The van der Waals surface area contributed by atoms with E-state index < -0.39 is 6.04 Å². The van der Waals surface area contributed by atoms with E-state index in [0.29, 0.717) is 18.2 Å². The van der Waals surface area contributed by atoms with Crippen LogP contribution in [0, 0.1) is 0 Å². The first kappa shape index (κ1) is 18.8. The third-order valence-electron chi connectivity index (χ3n) is 4.92. The first-order valence-corrected chi connectivity index (χ1v) is 9.16. The lowest BCUT2D eigenvalue weighted by Crippen LogP contribution is -2.44. The summed E-state index contributed by atoms with van der Waals surface area (Å²) in [5.41, 5.74) is 2.62. The van der Waals surface area contributed by atoms with Gasteiger partial charge in [-0.3, -0.25) is 14.4 Å².